The number of nitrogens with one attached hydrogen (secondary N) is 2. The van der Waals surface area contributed by atoms with Crippen LogP contribution in [0, 0.1) is 5.92 Å². The molecule has 0 spiro atoms. The van der Waals surface area contributed by atoms with E-state index in [1.54, 1.807) is 31.2 Å². The fourth-order valence-corrected chi connectivity index (χ4v) is 1.73. The van der Waals surface area contributed by atoms with Gasteiger partial charge >= 0.3 is 0 Å². The van der Waals surface area contributed by atoms with Crippen molar-refractivity contribution in [2.45, 2.75) is 32.7 Å². The van der Waals surface area contributed by atoms with Gasteiger partial charge in [-0.05, 0) is 30.5 Å². The van der Waals surface area contributed by atoms with Crippen molar-refractivity contribution in [3.8, 4) is 0 Å². The first-order valence-corrected chi connectivity index (χ1v) is 7.21. The second-order valence-corrected chi connectivity index (χ2v) is 5.43. The Bertz CT molecular complexity index is 457. The summed E-state index contributed by atoms with van der Waals surface area (Å²) in [5.74, 6) is 0.350. The first-order chi connectivity index (χ1) is 9.43. The van der Waals surface area contributed by atoms with Gasteiger partial charge in [0.25, 0.3) is 5.91 Å². The summed E-state index contributed by atoms with van der Waals surface area (Å²) in [6, 6.07) is 6.43. The highest BCUT2D eigenvalue weighted by atomic mass is 35.5. The standard InChI is InChI=1S/C15H21ClN2O2/c1-10(2)9-17-14(19)11(3)18-15(20)13-6-4-12(8-16)5-7-13/h4-7,10-11H,8-9H2,1-3H3,(H,17,19)(H,18,20). The lowest BCUT2D eigenvalue weighted by atomic mass is 10.1. The van der Waals surface area contributed by atoms with E-state index in [-0.39, 0.29) is 11.8 Å². The third-order valence-electron chi connectivity index (χ3n) is 2.80. The lowest BCUT2D eigenvalue weighted by molar-refractivity contribution is -0.122. The molecule has 5 heteroatoms. The first-order valence-electron chi connectivity index (χ1n) is 6.67. The van der Waals surface area contributed by atoms with Gasteiger partial charge in [0.15, 0.2) is 0 Å². The van der Waals surface area contributed by atoms with E-state index in [1.807, 2.05) is 13.8 Å². The molecule has 20 heavy (non-hydrogen) atoms. The zero-order valence-corrected chi connectivity index (χ0v) is 12.8. The van der Waals surface area contributed by atoms with Crippen LogP contribution in [0.3, 0.4) is 0 Å². The molecule has 0 aliphatic heterocycles. The highest BCUT2D eigenvalue weighted by Crippen LogP contribution is 2.07. The normalized spacial score (nSPS) is 12.1. The summed E-state index contributed by atoms with van der Waals surface area (Å²) in [7, 11) is 0. The first kappa shape index (κ1) is 16.5. The van der Waals surface area contributed by atoms with Crippen molar-refractivity contribution in [2.24, 2.45) is 5.92 Å². The number of hydrogen-bond acceptors (Lipinski definition) is 2. The number of rotatable bonds is 6. The molecule has 1 unspecified atom stereocenters. The Labute approximate surface area is 124 Å². The van der Waals surface area contributed by atoms with Crippen molar-refractivity contribution in [3.63, 3.8) is 0 Å². The molecule has 0 fully saturated rings. The van der Waals surface area contributed by atoms with E-state index in [9.17, 15) is 9.59 Å². The third kappa shape index (κ3) is 5.21. The van der Waals surface area contributed by atoms with E-state index in [2.05, 4.69) is 10.6 Å². The molecule has 0 bridgehead atoms. The van der Waals surface area contributed by atoms with Gasteiger partial charge in [0, 0.05) is 18.0 Å². The highest BCUT2D eigenvalue weighted by molar-refractivity contribution is 6.17. The van der Waals surface area contributed by atoms with Crippen LogP contribution in [-0.4, -0.2) is 24.4 Å². The Balaban J connectivity index is 2.53. The lowest BCUT2D eigenvalue weighted by Gasteiger charge is -2.15. The molecule has 0 heterocycles. The summed E-state index contributed by atoms with van der Waals surface area (Å²) < 4.78 is 0. The molecule has 0 aliphatic rings. The highest BCUT2D eigenvalue weighted by Gasteiger charge is 2.16. The fourth-order valence-electron chi connectivity index (χ4n) is 1.55. The van der Waals surface area contributed by atoms with Crippen LogP contribution < -0.4 is 10.6 Å². The Morgan fingerprint density at radius 2 is 1.75 bits per heavy atom. The summed E-state index contributed by atoms with van der Waals surface area (Å²) in [4.78, 5) is 23.7. The van der Waals surface area contributed by atoms with Crippen LogP contribution in [0.1, 0.15) is 36.7 Å². The second kappa shape index (κ2) is 7.90. The van der Waals surface area contributed by atoms with Crippen molar-refractivity contribution in [1.29, 1.82) is 0 Å². The summed E-state index contributed by atoms with van der Waals surface area (Å²) in [5.41, 5.74) is 1.47. The summed E-state index contributed by atoms with van der Waals surface area (Å²) in [6.07, 6.45) is 0. The number of halogens is 1. The number of amides is 2. The Hall–Kier alpha value is -1.55. The van der Waals surface area contributed by atoms with Crippen molar-refractivity contribution in [1.82, 2.24) is 10.6 Å². The molecule has 0 aromatic heterocycles. The SMILES string of the molecule is CC(C)CNC(=O)C(C)NC(=O)c1ccc(CCl)cc1. The third-order valence-corrected chi connectivity index (χ3v) is 3.10. The number of carbonyl (C=O) groups is 2. The predicted octanol–water partition coefficient (Wildman–Crippen LogP) is 2.32. The van der Waals surface area contributed by atoms with Crippen molar-refractivity contribution in [2.75, 3.05) is 6.54 Å². The quantitative estimate of drug-likeness (QED) is 0.792. The van der Waals surface area contributed by atoms with Gasteiger partial charge in [-0.3, -0.25) is 9.59 Å². The Morgan fingerprint density at radius 1 is 1.15 bits per heavy atom. The molecule has 0 aliphatic carbocycles. The van der Waals surface area contributed by atoms with E-state index in [0.29, 0.717) is 23.9 Å². The molecule has 1 rings (SSSR count). The Morgan fingerprint density at radius 3 is 2.25 bits per heavy atom. The predicted molar refractivity (Wildman–Crippen MR) is 80.8 cm³/mol. The average Bonchev–Trinajstić information content (AvgIpc) is 2.44. The van der Waals surface area contributed by atoms with Crippen LogP contribution >= 0.6 is 11.6 Å². The molecule has 4 nitrogen and oxygen atoms in total. The van der Waals surface area contributed by atoms with Gasteiger partial charge in [0.2, 0.25) is 5.91 Å². The molecule has 1 aromatic rings. The zero-order valence-electron chi connectivity index (χ0n) is 12.1. The van der Waals surface area contributed by atoms with Crippen LogP contribution in [0.4, 0.5) is 0 Å². The topological polar surface area (TPSA) is 58.2 Å². The summed E-state index contributed by atoms with van der Waals surface area (Å²) >= 11 is 5.69. The Kier molecular flexibility index (Phi) is 6.52. The lowest BCUT2D eigenvalue weighted by Crippen LogP contribution is -2.45. The van der Waals surface area contributed by atoms with Crippen LogP contribution in [0.5, 0.6) is 0 Å². The van der Waals surface area contributed by atoms with E-state index in [0.717, 1.165) is 5.56 Å². The smallest absolute Gasteiger partial charge is 0.251 e. The van der Waals surface area contributed by atoms with Gasteiger partial charge < -0.3 is 10.6 Å². The van der Waals surface area contributed by atoms with Crippen LogP contribution in [0.15, 0.2) is 24.3 Å². The van der Waals surface area contributed by atoms with Crippen LogP contribution in [0.2, 0.25) is 0 Å². The molecular formula is C15H21ClN2O2. The number of benzene rings is 1. The number of alkyl halides is 1. The van der Waals surface area contributed by atoms with Gasteiger partial charge in [-0.1, -0.05) is 26.0 Å². The van der Waals surface area contributed by atoms with E-state index in [1.165, 1.54) is 0 Å². The molecule has 110 valence electrons. The molecule has 1 aromatic carbocycles. The minimum Gasteiger partial charge on any atom is -0.354 e. The van der Waals surface area contributed by atoms with Gasteiger partial charge in [-0.15, -0.1) is 11.6 Å². The minimum atomic E-state index is -0.561. The second-order valence-electron chi connectivity index (χ2n) is 5.16. The van der Waals surface area contributed by atoms with Crippen molar-refractivity contribution >= 4 is 23.4 Å². The van der Waals surface area contributed by atoms with Crippen molar-refractivity contribution < 1.29 is 9.59 Å². The maximum absolute atomic E-state index is 12.0. The zero-order chi connectivity index (χ0) is 15.1. The van der Waals surface area contributed by atoms with E-state index in [4.69, 9.17) is 11.6 Å². The fraction of sp³-hybridized carbons (Fsp3) is 0.467. The van der Waals surface area contributed by atoms with E-state index < -0.39 is 6.04 Å². The van der Waals surface area contributed by atoms with Crippen molar-refractivity contribution in [3.05, 3.63) is 35.4 Å². The maximum atomic E-state index is 12.0. The molecule has 2 N–H and O–H groups in total. The average molecular weight is 297 g/mol. The number of hydrogen-bond donors (Lipinski definition) is 2. The number of carbonyl (C=O) groups excluding carboxylic acids is 2. The molecule has 0 saturated heterocycles. The molecular weight excluding hydrogens is 276 g/mol. The maximum Gasteiger partial charge on any atom is 0.251 e. The summed E-state index contributed by atoms with van der Waals surface area (Å²) in [6.45, 7) is 6.30. The van der Waals surface area contributed by atoms with Gasteiger partial charge in [-0.2, -0.15) is 0 Å². The van der Waals surface area contributed by atoms with Crippen LogP contribution in [0.25, 0.3) is 0 Å². The van der Waals surface area contributed by atoms with Gasteiger partial charge in [0.1, 0.15) is 6.04 Å². The van der Waals surface area contributed by atoms with E-state index >= 15 is 0 Å². The largest absolute Gasteiger partial charge is 0.354 e. The molecule has 0 saturated carbocycles. The van der Waals surface area contributed by atoms with Crippen LogP contribution in [-0.2, 0) is 10.7 Å². The van der Waals surface area contributed by atoms with Gasteiger partial charge in [0.05, 0.1) is 0 Å². The molecule has 2 amide bonds. The summed E-state index contributed by atoms with van der Waals surface area (Å²) in [5, 5.41) is 5.46. The molecule has 1 atom stereocenters. The molecule has 0 radical (unpaired) electrons. The van der Waals surface area contributed by atoms with Gasteiger partial charge in [-0.25, -0.2) is 0 Å². The monoisotopic (exact) mass is 296 g/mol. The minimum absolute atomic E-state index is 0.176.